The Kier molecular flexibility index (Phi) is 6.36. The van der Waals surface area contributed by atoms with Crippen molar-refractivity contribution in [1.82, 2.24) is 28.7 Å². The van der Waals surface area contributed by atoms with Crippen molar-refractivity contribution < 1.29 is 8.42 Å². The van der Waals surface area contributed by atoms with Gasteiger partial charge in [0.05, 0.1) is 21.3 Å². The third-order valence-corrected chi connectivity index (χ3v) is 7.91. The molecule has 1 fully saturated rings. The molecule has 31 heavy (non-hydrogen) atoms. The van der Waals surface area contributed by atoms with E-state index in [2.05, 4.69) is 32.1 Å². The Balaban J connectivity index is 1.36. The predicted molar refractivity (Wildman–Crippen MR) is 121 cm³/mol. The van der Waals surface area contributed by atoms with Crippen LogP contribution in [-0.4, -0.2) is 75.9 Å². The van der Waals surface area contributed by atoms with Gasteiger partial charge in [-0.1, -0.05) is 23.2 Å². The fourth-order valence-corrected chi connectivity index (χ4v) is 5.47. The van der Waals surface area contributed by atoms with Gasteiger partial charge in [0.2, 0.25) is 10.0 Å². The van der Waals surface area contributed by atoms with Crippen molar-refractivity contribution in [3.05, 3.63) is 40.9 Å². The van der Waals surface area contributed by atoms with Crippen molar-refractivity contribution in [2.75, 3.05) is 38.0 Å². The highest BCUT2D eigenvalue weighted by molar-refractivity contribution is 7.89. The standard InChI is InChI=1S/C19H23Cl2N7O2S/c1-13(25-18-17-19(23-11-22-18)26(2)12-24-17)10-27-5-7-28(8-6-27)31(29,30)14-3-4-15(20)16(21)9-14/h3-4,9,11-13H,5-8,10H2,1-2H3,(H,22,23,25). The lowest BCUT2D eigenvalue weighted by molar-refractivity contribution is 0.184. The molecule has 9 nitrogen and oxygen atoms in total. The first kappa shape index (κ1) is 22.2. The summed E-state index contributed by atoms with van der Waals surface area (Å²) >= 11 is 11.9. The van der Waals surface area contributed by atoms with Gasteiger partial charge in [0.25, 0.3) is 0 Å². The van der Waals surface area contributed by atoms with E-state index in [1.165, 1.54) is 28.8 Å². The number of imidazole rings is 1. The van der Waals surface area contributed by atoms with E-state index in [0.717, 1.165) is 17.7 Å². The lowest BCUT2D eigenvalue weighted by Gasteiger charge is -2.35. The van der Waals surface area contributed by atoms with Gasteiger partial charge >= 0.3 is 0 Å². The molecule has 1 N–H and O–H groups in total. The van der Waals surface area contributed by atoms with E-state index >= 15 is 0 Å². The maximum Gasteiger partial charge on any atom is 0.243 e. The van der Waals surface area contributed by atoms with Crippen LogP contribution in [0.1, 0.15) is 6.92 Å². The van der Waals surface area contributed by atoms with E-state index in [1.54, 1.807) is 6.33 Å². The second kappa shape index (κ2) is 8.87. The minimum atomic E-state index is -3.60. The zero-order valence-electron chi connectivity index (χ0n) is 17.2. The van der Waals surface area contributed by atoms with Gasteiger partial charge in [0, 0.05) is 45.8 Å². The number of benzene rings is 1. The molecule has 0 spiro atoms. The van der Waals surface area contributed by atoms with Crippen LogP contribution in [-0.2, 0) is 17.1 Å². The maximum absolute atomic E-state index is 12.9. The van der Waals surface area contributed by atoms with Gasteiger partial charge in [-0.05, 0) is 25.1 Å². The zero-order valence-corrected chi connectivity index (χ0v) is 19.5. The summed E-state index contributed by atoms with van der Waals surface area (Å²) in [6, 6.07) is 4.49. The molecule has 1 aliphatic heterocycles. The number of hydrogen-bond donors (Lipinski definition) is 1. The van der Waals surface area contributed by atoms with Gasteiger partial charge in [-0.15, -0.1) is 0 Å². The minimum absolute atomic E-state index is 0.0957. The molecule has 12 heteroatoms. The SMILES string of the molecule is CC(CN1CCN(S(=O)(=O)c2ccc(Cl)c(Cl)c2)CC1)Nc1ncnc2c1ncn2C. The second-order valence-electron chi connectivity index (χ2n) is 7.58. The van der Waals surface area contributed by atoms with Gasteiger partial charge in [-0.3, -0.25) is 4.90 Å². The molecule has 3 heterocycles. The number of hydrogen-bond acceptors (Lipinski definition) is 7. The average Bonchev–Trinajstić information content (AvgIpc) is 3.12. The smallest absolute Gasteiger partial charge is 0.243 e. The summed E-state index contributed by atoms with van der Waals surface area (Å²) < 4.78 is 29.2. The molecule has 1 aliphatic rings. The molecule has 0 saturated carbocycles. The van der Waals surface area contributed by atoms with Crippen molar-refractivity contribution in [2.45, 2.75) is 17.9 Å². The number of nitrogens with one attached hydrogen (secondary N) is 1. The highest BCUT2D eigenvalue weighted by atomic mass is 35.5. The quantitative estimate of drug-likeness (QED) is 0.574. The van der Waals surface area contributed by atoms with Crippen LogP contribution in [0.5, 0.6) is 0 Å². The van der Waals surface area contributed by atoms with E-state index in [-0.39, 0.29) is 16.0 Å². The molecule has 1 saturated heterocycles. The molecular weight excluding hydrogens is 461 g/mol. The van der Waals surface area contributed by atoms with Crippen molar-refractivity contribution in [3.63, 3.8) is 0 Å². The summed E-state index contributed by atoms with van der Waals surface area (Å²) in [5, 5.41) is 3.96. The summed E-state index contributed by atoms with van der Waals surface area (Å²) in [6.07, 6.45) is 3.23. The van der Waals surface area contributed by atoms with Crippen LogP contribution in [0.3, 0.4) is 0 Å². The third kappa shape index (κ3) is 4.63. The van der Waals surface area contributed by atoms with Crippen molar-refractivity contribution in [3.8, 4) is 0 Å². The zero-order chi connectivity index (χ0) is 22.2. The molecule has 0 aliphatic carbocycles. The van der Waals surface area contributed by atoms with Crippen LogP contribution in [0.15, 0.2) is 35.7 Å². The minimum Gasteiger partial charge on any atom is -0.364 e. The molecule has 3 aromatic rings. The summed E-state index contributed by atoms with van der Waals surface area (Å²) in [7, 11) is -1.71. The summed E-state index contributed by atoms with van der Waals surface area (Å²) in [4.78, 5) is 15.3. The van der Waals surface area contributed by atoms with Gasteiger partial charge < -0.3 is 9.88 Å². The highest BCUT2D eigenvalue weighted by Crippen LogP contribution is 2.27. The Labute approximate surface area is 191 Å². The van der Waals surface area contributed by atoms with E-state index in [4.69, 9.17) is 23.2 Å². The van der Waals surface area contributed by atoms with E-state index < -0.39 is 10.0 Å². The Bertz CT molecular complexity index is 1190. The molecule has 0 amide bonds. The van der Waals surface area contributed by atoms with Gasteiger partial charge in [-0.2, -0.15) is 4.31 Å². The summed E-state index contributed by atoms with van der Waals surface area (Å²) in [5.74, 6) is 0.693. The van der Waals surface area contributed by atoms with Crippen LogP contribution >= 0.6 is 23.2 Å². The first-order valence-electron chi connectivity index (χ1n) is 9.82. The molecule has 4 rings (SSSR count). The molecule has 2 aromatic heterocycles. The van der Waals surface area contributed by atoms with Crippen LogP contribution in [0.25, 0.3) is 11.2 Å². The number of fused-ring (bicyclic) bond motifs is 1. The summed E-state index contributed by atoms with van der Waals surface area (Å²) in [6.45, 7) is 4.90. The molecule has 166 valence electrons. The lowest BCUT2D eigenvalue weighted by Crippen LogP contribution is -2.50. The van der Waals surface area contributed by atoms with E-state index in [0.29, 0.717) is 37.0 Å². The number of anilines is 1. The van der Waals surface area contributed by atoms with Crippen molar-refractivity contribution in [2.24, 2.45) is 7.05 Å². The van der Waals surface area contributed by atoms with Crippen LogP contribution < -0.4 is 5.32 Å². The Hall–Kier alpha value is -1.98. The average molecular weight is 484 g/mol. The number of piperazine rings is 1. The van der Waals surface area contributed by atoms with Gasteiger partial charge in [0.1, 0.15) is 11.8 Å². The Morgan fingerprint density at radius 1 is 1.10 bits per heavy atom. The second-order valence-corrected chi connectivity index (χ2v) is 10.3. The molecule has 1 atom stereocenters. The number of aromatic nitrogens is 4. The van der Waals surface area contributed by atoms with Gasteiger partial charge in [-0.25, -0.2) is 23.4 Å². The monoisotopic (exact) mass is 483 g/mol. The fourth-order valence-electron chi connectivity index (χ4n) is 3.66. The van der Waals surface area contributed by atoms with Crippen LogP contribution in [0.2, 0.25) is 10.0 Å². The van der Waals surface area contributed by atoms with E-state index in [1.807, 2.05) is 11.6 Å². The van der Waals surface area contributed by atoms with Crippen molar-refractivity contribution >= 4 is 50.2 Å². The topological polar surface area (TPSA) is 96.2 Å². The third-order valence-electron chi connectivity index (χ3n) is 5.27. The summed E-state index contributed by atoms with van der Waals surface area (Å²) in [5.41, 5.74) is 1.50. The first-order valence-corrected chi connectivity index (χ1v) is 12.0. The number of sulfonamides is 1. The molecule has 1 aromatic carbocycles. The lowest BCUT2D eigenvalue weighted by atomic mass is 10.2. The van der Waals surface area contributed by atoms with Crippen molar-refractivity contribution in [1.29, 1.82) is 0 Å². The van der Waals surface area contributed by atoms with Gasteiger partial charge in [0.15, 0.2) is 11.5 Å². The number of aryl methyl sites for hydroxylation is 1. The normalized spacial score (nSPS) is 17.2. The molecular formula is C19H23Cl2N7O2S. The highest BCUT2D eigenvalue weighted by Gasteiger charge is 2.29. The van der Waals surface area contributed by atoms with Crippen LogP contribution in [0, 0.1) is 0 Å². The molecule has 1 unspecified atom stereocenters. The first-order chi connectivity index (χ1) is 14.8. The maximum atomic E-state index is 12.9. The number of nitrogens with zero attached hydrogens (tertiary/aromatic N) is 6. The Morgan fingerprint density at radius 2 is 1.84 bits per heavy atom. The largest absolute Gasteiger partial charge is 0.364 e. The number of halogens is 2. The number of rotatable bonds is 6. The molecule has 0 bridgehead atoms. The molecule has 0 radical (unpaired) electrons. The fraction of sp³-hybridized carbons (Fsp3) is 0.421. The van der Waals surface area contributed by atoms with E-state index in [9.17, 15) is 8.42 Å². The van der Waals surface area contributed by atoms with Crippen LogP contribution in [0.4, 0.5) is 5.82 Å². The Morgan fingerprint density at radius 3 is 2.55 bits per heavy atom. The predicted octanol–water partition coefficient (Wildman–Crippen LogP) is 2.48.